The van der Waals surface area contributed by atoms with Gasteiger partial charge in [0.1, 0.15) is 6.61 Å². The van der Waals surface area contributed by atoms with E-state index in [1.165, 1.54) is 0 Å². The lowest BCUT2D eigenvalue weighted by Crippen LogP contribution is -2.26. The van der Waals surface area contributed by atoms with Gasteiger partial charge in [-0.3, -0.25) is 0 Å². The molecule has 0 aliphatic carbocycles. The second-order valence-electron chi connectivity index (χ2n) is 2.51. The smallest absolute Gasteiger partial charge is 0.331 e. The molecule has 0 heterocycles. The van der Waals surface area contributed by atoms with E-state index in [-0.39, 0.29) is 13.2 Å². The fourth-order valence-electron chi connectivity index (χ4n) is 0.566. The molecule has 0 bridgehead atoms. The van der Waals surface area contributed by atoms with Gasteiger partial charge in [0, 0.05) is 18.7 Å². The number of ether oxygens (including phenoxy) is 1. The number of carboxylic acids is 1. The first kappa shape index (κ1) is 13.6. The molecule has 0 atom stereocenters. The van der Waals surface area contributed by atoms with Crippen molar-refractivity contribution in [2.45, 2.75) is 0 Å². The minimum atomic E-state index is -3.30. The van der Waals surface area contributed by atoms with Crippen molar-refractivity contribution in [2.24, 2.45) is 0 Å². The van der Waals surface area contributed by atoms with Crippen molar-refractivity contribution in [3.05, 3.63) is 12.2 Å². The first-order valence-corrected chi connectivity index (χ1v) is 5.73. The van der Waals surface area contributed by atoms with Gasteiger partial charge in [0.25, 0.3) is 0 Å². The Bertz CT molecular complexity index is 358. The molecular weight excluding hydrogens is 226 g/mol. The van der Waals surface area contributed by atoms with Crippen LogP contribution in [0, 0.1) is 0 Å². The molecule has 0 rings (SSSR count). The molecule has 0 fully saturated rings. The van der Waals surface area contributed by atoms with E-state index in [1.54, 1.807) is 0 Å². The predicted molar refractivity (Wildman–Crippen MR) is 50.6 cm³/mol. The van der Waals surface area contributed by atoms with E-state index in [4.69, 9.17) is 5.11 Å². The summed E-state index contributed by atoms with van der Waals surface area (Å²) in [6.07, 6.45) is 2.34. The summed E-state index contributed by atoms with van der Waals surface area (Å²) < 4.78 is 27.7. The van der Waals surface area contributed by atoms with Crippen LogP contribution in [0.1, 0.15) is 0 Å². The number of hydrogen-bond donors (Lipinski definition) is 2. The highest BCUT2D eigenvalue weighted by Crippen LogP contribution is 1.82. The number of esters is 1. The van der Waals surface area contributed by atoms with Crippen LogP contribution in [0.2, 0.25) is 0 Å². The molecule has 8 heteroatoms. The van der Waals surface area contributed by atoms with E-state index in [2.05, 4.69) is 9.46 Å². The Morgan fingerprint density at radius 3 is 2.47 bits per heavy atom. The molecule has 0 radical (unpaired) electrons. The van der Waals surface area contributed by atoms with Crippen LogP contribution >= 0.6 is 0 Å². The molecule has 0 aliphatic heterocycles. The number of hydrogen-bond acceptors (Lipinski definition) is 5. The van der Waals surface area contributed by atoms with Gasteiger partial charge in [-0.1, -0.05) is 0 Å². The van der Waals surface area contributed by atoms with Gasteiger partial charge in [0.05, 0.1) is 6.26 Å². The van der Waals surface area contributed by atoms with E-state index in [0.717, 1.165) is 12.3 Å². The molecule has 0 spiro atoms. The number of sulfonamides is 1. The van der Waals surface area contributed by atoms with Gasteiger partial charge in [0.15, 0.2) is 0 Å². The molecule has 86 valence electrons. The van der Waals surface area contributed by atoms with Crippen molar-refractivity contribution in [1.82, 2.24) is 4.72 Å². The van der Waals surface area contributed by atoms with Gasteiger partial charge in [-0.15, -0.1) is 0 Å². The highest BCUT2D eigenvalue weighted by atomic mass is 32.2. The molecule has 0 saturated carbocycles. The average Bonchev–Trinajstić information content (AvgIpc) is 2.07. The van der Waals surface area contributed by atoms with E-state index >= 15 is 0 Å². The van der Waals surface area contributed by atoms with Gasteiger partial charge in [-0.2, -0.15) is 0 Å². The Morgan fingerprint density at radius 2 is 2.00 bits per heavy atom. The van der Waals surface area contributed by atoms with Crippen LogP contribution in [0.25, 0.3) is 0 Å². The van der Waals surface area contributed by atoms with Crippen LogP contribution in [0.4, 0.5) is 0 Å². The zero-order valence-corrected chi connectivity index (χ0v) is 8.78. The monoisotopic (exact) mass is 237 g/mol. The van der Waals surface area contributed by atoms with Crippen LogP contribution in [-0.2, 0) is 24.3 Å². The third-order valence-corrected chi connectivity index (χ3v) is 1.80. The molecule has 15 heavy (non-hydrogen) atoms. The summed E-state index contributed by atoms with van der Waals surface area (Å²) in [5.74, 6) is -2.10. The Balaban J connectivity index is 3.70. The summed E-state index contributed by atoms with van der Waals surface area (Å²) in [6, 6.07) is 0. The van der Waals surface area contributed by atoms with Gasteiger partial charge < -0.3 is 9.84 Å². The number of aliphatic carboxylic acids is 1. The van der Waals surface area contributed by atoms with Crippen LogP contribution in [0.15, 0.2) is 12.2 Å². The van der Waals surface area contributed by atoms with Crippen molar-refractivity contribution in [1.29, 1.82) is 0 Å². The average molecular weight is 237 g/mol. The molecule has 2 N–H and O–H groups in total. The molecule has 0 aromatic rings. The maximum Gasteiger partial charge on any atom is 0.331 e. The maximum absolute atomic E-state index is 10.7. The molecule has 0 saturated heterocycles. The Labute approximate surface area is 86.8 Å². The number of rotatable bonds is 6. The van der Waals surface area contributed by atoms with Crippen molar-refractivity contribution in [3.63, 3.8) is 0 Å². The zero-order valence-electron chi connectivity index (χ0n) is 7.97. The zero-order chi connectivity index (χ0) is 11.9. The van der Waals surface area contributed by atoms with Crippen molar-refractivity contribution in [3.8, 4) is 0 Å². The third-order valence-electron chi connectivity index (χ3n) is 1.07. The second kappa shape index (κ2) is 6.14. The second-order valence-corrected chi connectivity index (χ2v) is 4.34. The molecule has 0 aromatic heterocycles. The predicted octanol–water partition coefficient (Wildman–Crippen LogP) is -1.28. The molecular formula is C7H11NO6S. The quantitative estimate of drug-likeness (QED) is 0.338. The summed E-state index contributed by atoms with van der Waals surface area (Å²) in [6.45, 7) is -0.207. The van der Waals surface area contributed by atoms with Crippen molar-refractivity contribution < 1.29 is 27.9 Å². The fourth-order valence-corrected chi connectivity index (χ4v) is 1.02. The molecule has 0 unspecified atom stereocenters. The third kappa shape index (κ3) is 10.5. The highest BCUT2D eigenvalue weighted by molar-refractivity contribution is 7.88. The standard InChI is InChI=1S/C7H11NO6S/c1-15(12,13)8-4-5-14-7(11)3-2-6(9)10/h2-3,8H,4-5H2,1H3,(H,9,10). The summed E-state index contributed by atoms with van der Waals surface area (Å²) in [4.78, 5) is 20.7. The summed E-state index contributed by atoms with van der Waals surface area (Å²) in [7, 11) is -3.30. The van der Waals surface area contributed by atoms with Crippen molar-refractivity contribution in [2.75, 3.05) is 19.4 Å². The van der Waals surface area contributed by atoms with E-state index in [1.807, 2.05) is 0 Å². The van der Waals surface area contributed by atoms with Gasteiger partial charge >= 0.3 is 11.9 Å². The largest absolute Gasteiger partial charge is 0.478 e. The number of carbonyl (C=O) groups is 2. The summed E-state index contributed by atoms with van der Waals surface area (Å²) in [5.41, 5.74) is 0. The lowest BCUT2D eigenvalue weighted by molar-refractivity contribution is -0.138. The minimum Gasteiger partial charge on any atom is -0.478 e. The summed E-state index contributed by atoms with van der Waals surface area (Å²) >= 11 is 0. The summed E-state index contributed by atoms with van der Waals surface area (Å²) in [5, 5.41) is 8.15. The van der Waals surface area contributed by atoms with E-state index < -0.39 is 22.0 Å². The molecule has 0 aromatic carbocycles. The Morgan fingerprint density at radius 1 is 1.40 bits per heavy atom. The first-order chi connectivity index (χ1) is 6.81. The normalized spacial score (nSPS) is 11.5. The molecule has 0 amide bonds. The van der Waals surface area contributed by atoms with Gasteiger partial charge in [-0.05, 0) is 0 Å². The van der Waals surface area contributed by atoms with Crippen molar-refractivity contribution >= 4 is 22.0 Å². The molecule has 0 aliphatic rings. The number of carboxylic acid groups (broad SMARTS) is 1. The highest BCUT2D eigenvalue weighted by Gasteiger charge is 2.01. The van der Waals surface area contributed by atoms with E-state index in [0.29, 0.717) is 6.08 Å². The first-order valence-electron chi connectivity index (χ1n) is 3.83. The topological polar surface area (TPSA) is 110 Å². The lowest BCUT2D eigenvalue weighted by Gasteiger charge is -2.02. The maximum atomic E-state index is 10.7. The lowest BCUT2D eigenvalue weighted by atomic mass is 10.5. The van der Waals surface area contributed by atoms with Crippen LogP contribution < -0.4 is 4.72 Å². The van der Waals surface area contributed by atoms with E-state index in [9.17, 15) is 18.0 Å². The Hall–Kier alpha value is -1.41. The van der Waals surface area contributed by atoms with Gasteiger partial charge in [-0.25, -0.2) is 22.7 Å². The fraction of sp³-hybridized carbons (Fsp3) is 0.429. The minimum absolute atomic E-state index is 0.0501. The number of nitrogens with one attached hydrogen (secondary N) is 1. The van der Waals surface area contributed by atoms with Crippen LogP contribution in [-0.4, -0.2) is 44.9 Å². The molecule has 7 nitrogen and oxygen atoms in total. The number of carbonyl (C=O) groups excluding carboxylic acids is 1. The van der Waals surface area contributed by atoms with Crippen LogP contribution in [0.5, 0.6) is 0 Å². The Kier molecular flexibility index (Phi) is 5.57. The SMILES string of the molecule is CS(=O)(=O)NCCOC(=O)C=CC(=O)O. The van der Waals surface area contributed by atoms with Crippen LogP contribution in [0.3, 0.4) is 0 Å². The van der Waals surface area contributed by atoms with Gasteiger partial charge in [0.2, 0.25) is 10.0 Å².